The normalized spacial score (nSPS) is 18.6. The summed E-state index contributed by atoms with van der Waals surface area (Å²) in [6.07, 6.45) is -9.37. The van der Waals surface area contributed by atoms with E-state index in [0.717, 1.165) is 11.6 Å². The summed E-state index contributed by atoms with van der Waals surface area (Å²) >= 11 is 12.4. The van der Waals surface area contributed by atoms with Gasteiger partial charge < -0.3 is 15.2 Å². The first kappa shape index (κ1) is 38.3. The lowest BCUT2D eigenvalue weighted by Gasteiger charge is -2.31. The SMILES string of the molecule is CCC(O)(CCNCCC(c1ccc(Cl)c(Cl)c1)C(CCN(O)O)OCC1=CC(C(F)(F)F)CC(C(F)(F)F)=C1)c1ccccc1. The fourth-order valence-corrected chi connectivity index (χ4v) is 5.80. The number of halogens is 8. The first-order chi connectivity index (χ1) is 21.5. The van der Waals surface area contributed by atoms with Gasteiger partial charge in [-0.15, -0.1) is 0 Å². The predicted octanol–water partition coefficient (Wildman–Crippen LogP) is 8.60. The van der Waals surface area contributed by atoms with E-state index in [4.69, 9.17) is 27.9 Å². The topological polar surface area (TPSA) is 85.2 Å². The molecule has 2 aromatic carbocycles. The van der Waals surface area contributed by atoms with Crippen LogP contribution in [0, 0.1) is 5.92 Å². The van der Waals surface area contributed by atoms with Gasteiger partial charge in [0.15, 0.2) is 0 Å². The Labute approximate surface area is 274 Å². The molecule has 46 heavy (non-hydrogen) atoms. The van der Waals surface area contributed by atoms with Crippen molar-refractivity contribution < 1.29 is 46.6 Å². The van der Waals surface area contributed by atoms with E-state index in [1.807, 2.05) is 37.3 Å². The number of nitrogens with zero attached hydrogens (tertiary/aromatic N) is 1. The number of allylic oxidation sites excluding steroid dienone is 2. The van der Waals surface area contributed by atoms with Crippen molar-refractivity contribution in [2.45, 2.75) is 69.0 Å². The third-order valence-corrected chi connectivity index (χ3v) is 8.88. The molecule has 0 saturated heterocycles. The number of ether oxygens (including phenoxy) is 1. The Bertz CT molecular complexity index is 1320. The van der Waals surface area contributed by atoms with Crippen molar-refractivity contribution in [2.24, 2.45) is 5.92 Å². The molecular formula is C32H38Cl2F6N2O4. The Hall–Kier alpha value is -2.16. The van der Waals surface area contributed by atoms with Crippen molar-refractivity contribution >= 4 is 23.2 Å². The van der Waals surface area contributed by atoms with E-state index in [1.165, 1.54) is 0 Å². The highest BCUT2D eigenvalue weighted by Crippen LogP contribution is 2.42. The Morgan fingerprint density at radius 1 is 0.978 bits per heavy atom. The maximum absolute atomic E-state index is 13.5. The van der Waals surface area contributed by atoms with Crippen molar-refractivity contribution in [3.05, 3.63) is 93.0 Å². The van der Waals surface area contributed by atoms with Crippen LogP contribution in [0.3, 0.4) is 0 Å². The number of hydrogen-bond acceptors (Lipinski definition) is 6. The van der Waals surface area contributed by atoms with Crippen LogP contribution < -0.4 is 5.32 Å². The second-order valence-corrected chi connectivity index (χ2v) is 12.1. The van der Waals surface area contributed by atoms with Gasteiger partial charge in [0.2, 0.25) is 0 Å². The van der Waals surface area contributed by atoms with Crippen LogP contribution >= 0.6 is 23.2 Å². The van der Waals surface area contributed by atoms with Crippen molar-refractivity contribution in [1.82, 2.24) is 10.5 Å². The van der Waals surface area contributed by atoms with Crippen molar-refractivity contribution in [1.29, 1.82) is 0 Å². The molecule has 0 amide bonds. The minimum atomic E-state index is -4.95. The van der Waals surface area contributed by atoms with E-state index in [2.05, 4.69) is 5.32 Å². The molecule has 2 aromatic rings. The van der Waals surface area contributed by atoms with Crippen molar-refractivity contribution in [3.63, 3.8) is 0 Å². The van der Waals surface area contributed by atoms with Gasteiger partial charge in [-0.05, 0) is 80.1 Å². The van der Waals surface area contributed by atoms with Gasteiger partial charge in [-0.3, -0.25) is 10.4 Å². The zero-order valence-electron chi connectivity index (χ0n) is 25.1. The molecule has 14 heteroatoms. The van der Waals surface area contributed by atoms with Gasteiger partial charge in [0.25, 0.3) is 0 Å². The third-order valence-electron chi connectivity index (χ3n) is 8.14. The molecule has 3 rings (SSSR count). The number of hydrogen-bond donors (Lipinski definition) is 4. The molecule has 0 aliphatic heterocycles. The lowest BCUT2D eigenvalue weighted by Crippen LogP contribution is -2.33. The second kappa shape index (κ2) is 16.8. The molecule has 0 bridgehead atoms. The Morgan fingerprint density at radius 2 is 1.67 bits per heavy atom. The largest absolute Gasteiger partial charge is 0.412 e. The van der Waals surface area contributed by atoms with Crippen LogP contribution in [0.1, 0.15) is 56.1 Å². The van der Waals surface area contributed by atoms with Crippen molar-refractivity contribution in [2.75, 3.05) is 26.2 Å². The van der Waals surface area contributed by atoms with Gasteiger partial charge in [-0.2, -0.15) is 26.3 Å². The van der Waals surface area contributed by atoms with Gasteiger partial charge in [0.05, 0.1) is 40.8 Å². The van der Waals surface area contributed by atoms with E-state index in [-0.39, 0.29) is 33.8 Å². The molecule has 0 spiro atoms. The summed E-state index contributed by atoms with van der Waals surface area (Å²) in [6, 6.07) is 14.1. The van der Waals surface area contributed by atoms with Gasteiger partial charge in [0, 0.05) is 11.5 Å². The van der Waals surface area contributed by atoms with E-state index in [9.17, 15) is 41.9 Å². The molecule has 1 aliphatic carbocycles. The summed E-state index contributed by atoms with van der Waals surface area (Å²) in [4.78, 5) is 0. The number of alkyl halides is 6. The summed E-state index contributed by atoms with van der Waals surface area (Å²) < 4.78 is 87.0. The third kappa shape index (κ3) is 11.2. The Balaban J connectivity index is 1.82. The number of hydroxylamine groups is 2. The highest BCUT2D eigenvalue weighted by Gasteiger charge is 2.45. The summed E-state index contributed by atoms with van der Waals surface area (Å²) in [5, 5.41) is 33.7. The Morgan fingerprint density at radius 3 is 2.26 bits per heavy atom. The van der Waals surface area contributed by atoms with Gasteiger partial charge >= 0.3 is 12.4 Å². The van der Waals surface area contributed by atoms with Crippen LogP contribution in [-0.2, 0) is 10.3 Å². The fraction of sp³-hybridized carbons (Fsp3) is 0.500. The van der Waals surface area contributed by atoms with Crippen LogP contribution in [0.2, 0.25) is 10.0 Å². The average Bonchev–Trinajstić information content (AvgIpc) is 3.00. The number of nitrogens with one attached hydrogen (secondary N) is 1. The summed E-state index contributed by atoms with van der Waals surface area (Å²) in [5.41, 5.74) is -1.25. The quantitative estimate of drug-likeness (QED) is 0.0799. The standard InChI is InChI=1S/C32H38Cl2F6N2O4/c1-2-30(43,23-6-4-3-5-7-23)12-14-41-13-10-26(22-8-9-27(33)28(34)18-22)29(11-15-42(44)45)46-20-21-16-24(31(35,36)37)19-25(17-21)32(38,39)40/h3-9,16-18,24,26,29,41,43-45H,2,10-15,19-20H2,1H3. The molecule has 4 atom stereocenters. The highest BCUT2D eigenvalue weighted by atomic mass is 35.5. The van der Waals surface area contributed by atoms with Gasteiger partial charge in [-0.25, -0.2) is 0 Å². The first-order valence-corrected chi connectivity index (χ1v) is 15.5. The molecule has 1 aliphatic rings. The summed E-state index contributed by atoms with van der Waals surface area (Å²) in [6.45, 7) is 1.77. The molecule has 256 valence electrons. The molecular weight excluding hydrogens is 661 g/mol. The van der Waals surface area contributed by atoms with Crippen LogP contribution in [0.4, 0.5) is 26.3 Å². The number of rotatable bonds is 16. The number of aliphatic hydroxyl groups is 1. The maximum atomic E-state index is 13.5. The van der Waals surface area contributed by atoms with E-state index in [1.54, 1.807) is 18.2 Å². The van der Waals surface area contributed by atoms with Crippen LogP contribution in [-0.4, -0.2) is 65.4 Å². The minimum absolute atomic E-state index is 0.0483. The van der Waals surface area contributed by atoms with Gasteiger partial charge in [-0.1, -0.05) is 77.8 Å². The van der Waals surface area contributed by atoms with E-state index in [0.29, 0.717) is 44.0 Å². The minimum Gasteiger partial charge on any atom is -0.385 e. The molecule has 0 aromatic heterocycles. The summed E-state index contributed by atoms with van der Waals surface area (Å²) in [5.74, 6) is -2.88. The lowest BCUT2D eigenvalue weighted by molar-refractivity contribution is -0.308. The zero-order valence-corrected chi connectivity index (χ0v) is 26.6. The number of benzene rings is 2. The Kier molecular flexibility index (Phi) is 14.0. The molecule has 0 radical (unpaired) electrons. The first-order valence-electron chi connectivity index (χ1n) is 14.8. The molecule has 0 heterocycles. The fourth-order valence-electron chi connectivity index (χ4n) is 5.49. The monoisotopic (exact) mass is 698 g/mol. The van der Waals surface area contributed by atoms with E-state index >= 15 is 0 Å². The molecule has 0 fully saturated rings. The van der Waals surface area contributed by atoms with Gasteiger partial charge in [0.1, 0.15) is 0 Å². The molecule has 0 saturated carbocycles. The van der Waals surface area contributed by atoms with Crippen molar-refractivity contribution in [3.8, 4) is 0 Å². The molecule has 4 unspecified atom stereocenters. The summed E-state index contributed by atoms with van der Waals surface area (Å²) in [7, 11) is 0. The molecule has 4 N–H and O–H groups in total. The smallest absolute Gasteiger partial charge is 0.385 e. The van der Waals surface area contributed by atoms with Crippen LogP contribution in [0.25, 0.3) is 0 Å². The highest BCUT2D eigenvalue weighted by molar-refractivity contribution is 6.42. The van der Waals surface area contributed by atoms with Crippen LogP contribution in [0.15, 0.2) is 71.8 Å². The van der Waals surface area contributed by atoms with Crippen LogP contribution in [0.5, 0.6) is 0 Å². The van der Waals surface area contributed by atoms with E-state index < -0.39 is 54.5 Å². The molecule has 6 nitrogen and oxygen atoms in total. The maximum Gasteiger partial charge on any atom is 0.412 e. The predicted molar refractivity (Wildman–Crippen MR) is 163 cm³/mol. The second-order valence-electron chi connectivity index (χ2n) is 11.3. The zero-order chi connectivity index (χ0) is 34.1. The lowest BCUT2D eigenvalue weighted by atomic mass is 9.87. The average molecular weight is 700 g/mol.